The Morgan fingerprint density at radius 1 is 1.11 bits per heavy atom. The lowest BCUT2D eigenvalue weighted by Gasteiger charge is -2.20. The molecule has 4 N–H and O–H groups in total. The van der Waals surface area contributed by atoms with Crippen molar-refractivity contribution < 1.29 is 28.7 Å². The summed E-state index contributed by atoms with van der Waals surface area (Å²) in [6.45, 7) is -0.573. The minimum absolute atomic E-state index is 0.377. The quantitative estimate of drug-likeness (QED) is 0.546. The molecule has 0 bridgehead atoms. The van der Waals surface area contributed by atoms with Gasteiger partial charge in [0.25, 0.3) is 0 Å². The molecule has 0 aliphatic rings. The average Bonchev–Trinajstić information content (AvgIpc) is 2.66. The molecule has 0 amide bonds. The zero-order chi connectivity index (χ0) is 14.3. The van der Waals surface area contributed by atoms with E-state index in [0.717, 1.165) is 0 Å². The summed E-state index contributed by atoms with van der Waals surface area (Å²) in [6, 6.07) is 0. The number of nitrogens with zero attached hydrogens (tertiary/aromatic N) is 4. The molecule has 0 unspecified atom stereocenters. The summed E-state index contributed by atoms with van der Waals surface area (Å²) in [4.78, 5) is 40.1. The van der Waals surface area contributed by atoms with Crippen molar-refractivity contribution in [2.24, 2.45) is 0 Å². The van der Waals surface area contributed by atoms with E-state index in [1.807, 2.05) is 0 Å². The zero-order valence-electron chi connectivity index (χ0n) is 9.31. The number of rotatable bonds is 4. The van der Waals surface area contributed by atoms with Gasteiger partial charge in [-0.25, -0.2) is 4.98 Å². The largest absolute Gasteiger partial charge is 0.342 e. The van der Waals surface area contributed by atoms with Crippen molar-refractivity contribution in [2.75, 3.05) is 0 Å². The monoisotopic (exact) mass is 308 g/mol. The third-order valence-electron chi connectivity index (χ3n) is 2.47. The van der Waals surface area contributed by atoms with Gasteiger partial charge in [-0.05, 0) is 0 Å². The van der Waals surface area contributed by atoms with Gasteiger partial charge >= 0.3 is 15.2 Å². The molecule has 0 saturated heterocycles. The summed E-state index contributed by atoms with van der Waals surface area (Å²) in [5.41, 5.74) is 0.784. The Morgan fingerprint density at radius 3 is 2.26 bits per heavy atom. The molecule has 2 aromatic rings. The number of hydrogen-bond donors (Lipinski definition) is 4. The van der Waals surface area contributed by atoms with Crippen LogP contribution >= 0.6 is 15.2 Å². The minimum atomic E-state index is -4.96. The topological polar surface area (TPSA) is 159 Å². The lowest BCUT2D eigenvalue weighted by molar-refractivity contribution is 0.332. The Bertz CT molecular complexity index is 668. The fourth-order valence-electron chi connectivity index (χ4n) is 1.55. The average molecular weight is 308 g/mol. The smallest absolute Gasteiger partial charge is 0.328 e. The molecule has 0 aliphatic carbocycles. The lowest BCUT2D eigenvalue weighted by Crippen LogP contribution is -2.17. The number of imidazole rings is 1. The minimum Gasteiger partial charge on any atom is -0.328 e. The number of fused-ring (bicyclic) bond motifs is 1. The molecule has 0 spiro atoms. The van der Waals surface area contributed by atoms with E-state index in [1.54, 1.807) is 0 Å². The van der Waals surface area contributed by atoms with Gasteiger partial charge in [-0.3, -0.25) is 9.13 Å². The molecule has 2 heterocycles. The van der Waals surface area contributed by atoms with Gasteiger partial charge in [0.05, 0.1) is 24.2 Å². The maximum absolute atomic E-state index is 11.2. The van der Waals surface area contributed by atoms with Crippen molar-refractivity contribution in [3.05, 3.63) is 18.7 Å². The molecule has 10 nitrogen and oxygen atoms in total. The summed E-state index contributed by atoms with van der Waals surface area (Å²) < 4.78 is 23.6. The van der Waals surface area contributed by atoms with Crippen molar-refractivity contribution in [3.8, 4) is 0 Å². The highest BCUT2D eigenvalue weighted by Crippen LogP contribution is 2.60. The van der Waals surface area contributed by atoms with Crippen molar-refractivity contribution in [1.29, 1.82) is 0 Å². The molecule has 0 fully saturated rings. The second kappa shape index (κ2) is 4.75. The molecule has 0 radical (unpaired) electrons. The van der Waals surface area contributed by atoms with Crippen LogP contribution in [0.4, 0.5) is 0 Å². The molecule has 104 valence electrons. The van der Waals surface area contributed by atoms with Crippen molar-refractivity contribution >= 4 is 26.2 Å². The van der Waals surface area contributed by atoms with Gasteiger partial charge in [0.15, 0.2) is 5.40 Å². The van der Waals surface area contributed by atoms with Gasteiger partial charge in [-0.1, -0.05) is 0 Å². The maximum atomic E-state index is 11.2. The first-order chi connectivity index (χ1) is 8.69. The van der Waals surface area contributed by atoms with Gasteiger partial charge in [-0.15, -0.1) is 0 Å². The van der Waals surface area contributed by atoms with Crippen molar-refractivity contribution in [1.82, 2.24) is 19.7 Å². The fourth-order valence-corrected chi connectivity index (χ4v) is 3.90. The van der Waals surface area contributed by atoms with Crippen LogP contribution in [0.3, 0.4) is 0 Å². The molecule has 0 atom stereocenters. The Balaban J connectivity index is 2.43. The molecular formula is C7H10N4O6P2. The molecule has 12 heteroatoms. The van der Waals surface area contributed by atoms with E-state index in [9.17, 15) is 9.13 Å². The summed E-state index contributed by atoms with van der Waals surface area (Å²) in [5, 5.41) is 5.03. The molecular weight excluding hydrogens is 298 g/mol. The second-order valence-electron chi connectivity index (χ2n) is 3.82. The van der Waals surface area contributed by atoms with Gasteiger partial charge < -0.3 is 24.1 Å². The van der Waals surface area contributed by atoms with Gasteiger partial charge in [0.2, 0.25) is 0 Å². The standard InChI is InChI=1S/C7H10N4O6P2/c12-18(13,14)7(19(15,16)17)3-11-4-8-5-1-9-10-2-6(5)11/h1-2,4,7H,3H2,(H2,12,13,14)(H2,15,16,17). The second-order valence-corrected chi connectivity index (χ2v) is 7.83. The molecule has 19 heavy (non-hydrogen) atoms. The molecule has 0 saturated carbocycles. The summed E-state index contributed by atoms with van der Waals surface area (Å²) in [5.74, 6) is 0. The van der Waals surface area contributed by atoms with E-state index in [4.69, 9.17) is 19.6 Å². The molecule has 2 aromatic heterocycles. The number of aromatic nitrogens is 4. The van der Waals surface area contributed by atoms with Crippen molar-refractivity contribution in [3.63, 3.8) is 0 Å². The lowest BCUT2D eigenvalue weighted by atomic mass is 10.5. The highest BCUT2D eigenvalue weighted by Gasteiger charge is 2.43. The van der Waals surface area contributed by atoms with Crippen LogP contribution in [0.15, 0.2) is 18.7 Å². The molecule has 0 aliphatic heterocycles. The van der Waals surface area contributed by atoms with E-state index >= 15 is 0 Å². The van der Waals surface area contributed by atoms with Crippen LogP contribution in [0.5, 0.6) is 0 Å². The van der Waals surface area contributed by atoms with E-state index in [1.165, 1.54) is 23.3 Å². The van der Waals surface area contributed by atoms with Gasteiger partial charge in [-0.2, -0.15) is 10.2 Å². The van der Waals surface area contributed by atoms with E-state index in [2.05, 4.69) is 15.2 Å². The molecule has 0 aromatic carbocycles. The first-order valence-corrected chi connectivity index (χ1v) is 8.28. The third kappa shape index (κ3) is 3.06. The normalized spacial score (nSPS) is 13.3. The molecule has 2 rings (SSSR count). The van der Waals surface area contributed by atoms with Crippen LogP contribution in [-0.2, 0) is 15.7 Å². The Labute approximate surface area is 106 Å². The van der Waals surface area contributed by atoms with Gasteiger partial charge in [0.1, 0.15) is 5.52 Å². The zero-order valence-corrected chi connectivity index (χ0v) is 11.1. The summed E-state index contributed by atoms with van der Waals surface area (Å²) in [6.07, 6.45) is 3.83. The fraction of sp³-hybridized carbons (Fsp3) is 0.286. The Hall–Kier alpha value is -1.15. The highest BCUT2D eigenvalue weighted by atomic mass is 31.2. The van der Waals surface area contributed by atoms with Crippen LogP contribution in [0.2, 0.25) is 0 Å². The van der Waals surface area contributed by atoms with Crippen LogP contribution in [0, 0.1) is 0 Å². The Kier molecular flexibility index (Phi) is 3.57. The first-order valence-electron chi connectivity index (χ1n) is 4.91. The van der Waals surface area contributed by atoms with E-state index in [0.29, 0.717) is 11.0 Å². The predicted molar refractivity (Wildman–Crippen MR) is 63.2 cm³/mol. The van der Waals surface area contributed by atoms with Crippen LogP contribution < -0.4 is 0 Å². The Morgan fingerprint density at radius 2 is 1.68 bits per heavy atom. The van der Waals surface area contributed by atoms with Gasteiger partial charge in [0, 0.05) is 6.54 Å². The van der Waals surface area contributed by atoms with Crippen molar-refractivity contribution in [2.45, 2.75) is 11.9 Å². The number of hydrogen-bond acceptors (Lipinski definition) is 5. The summed E-state index contributed by atoms with van der Waals surface area (Å²) in [7, 11) is -9.93. The van der Waals surface area contributed by atoms with E-state index in [-0.39, 0.29) is 0 Å². The predicted octanol–water partition coefficient (Wildman–Crippen LogP) is -0.492. The third-order valence-corrected chi connectivity index (χ3v) is 6.16. The first kappa shape index (κ1) is 14.3. The van der Waals surface area contributed by atoms with Crippen LogP contribution in [0.25, 0.3) is 11.0 Å². The van der Waals surface area contributed by atoms with Crippen LogP contribution in [0.1, 0.15) is 0 Å². The SMILES string of the molecule is O=P(O)(O)C(Cn1cnc2cnncc21)P(=O)(O)O. The highest BCUT2D eigenvalue weighted by molar-refractivity contribution is 7.70. The van der Waals surface area contributed by atoms with E-state index < -0.39 is 27.1 Å². The maximum Gasteiger partial charge on any atom is 0.342 e. The summed E-state index contributed by atoms with van der Waals surface area (Å²) >= 11 is 0. The van der Waals surface area contributed by atoms with Crippen LogP contribution in [-0.4, -0.2) is 44.7 Å².